The number of aromatic nitrogens is 1. The molecule has 6 heteroatoms. The predicted octanol–water partition coefficient (Wildman–Crippen LogP) is 2.50. The molecule has 0 spiro atoms. The summed E-state index contributed by atoms with van der Waals surface area (Å²) in [7, 11) is 0. The second-order valence-electron chi connectivity index (χ2n) is 2.86. The van der Waals surface area contributed by atoms with Crippen molar-refractivity contribution in [1.82, 2.24) is 4.98 Å². The zero-order valence-corrected chi connectivity index (χ0v) is 7.25. The predicted molar refractivity (Wildman–Crippen MR) is 46.9 cm³/mol. The highest BCUT2D eigenvalue weighted by atomic mass is 19.2. The topological polar surface area (TPSA) is 62.3 Å². The summed E-state index contributed by atoms with van der Waals surface area (Å²) >= 11 is 0. The molecule has 0 aliphatic rings. The van der Waals surface area contributed by atoms with Gasteiger partial charge in [0.15, 0.2) is 11.6 Å². The van der Waals surface area contributed by atoms with Crippen LogP contribution in [0.2, 0.25) is 0 Å². The monoisotopic (exact) mass is 213 g/mol. The Hall–Kier alpha value is -2.11. The maximum absolute atomic E-state index is 12.8. The number of H-pyrrole nitrogens is 1. The van der Waals surface area contributed by atoms with Crippen molar-refractivity contribution in [3.05, 3.63) is 29.8 Å². The molecule has 0 bridgehead atoms. The minimum absolute atomic E-state index is 0.0810. The molecule has 0 fully saturated rings. The van der Waals surface area contributed by atoms with Gasteiger partial charge in [-0.1, -0.05) is 0 Å². The highest BCUT2D eigenvalue weighted by Crippen LogP contribution is 2.22. The summed E-state index contributed by atoms with van der Waals surface area (Å²) in [5.74, 6) is -2.09. The quantitative estimate of drug-likeness (QED) is 0.715. The van der Waals surface area contributed by atoms with Gasteiger partial charge in [-0.15, -0.1) is 0 Å². The lowest BCUT2D eigenvalue weighted by Gasteiger charge is -1.92. The molecule has 0 saturated carbocycles. The highest BCUT2D eigenvalue weighted by molar-refractivity contribution is 5.82. The number of benzene rings is 1. The van der Waals surface area contributed by atoms with Crippen LogP contribution in [0.15, 0.2) is 18.2 Å². The first-order valence-corrected chi connectivity index (χ1v) is 3.95. The van der Waals surface area contributed by atoms with Crippen molar-refractivity contribution in [1.29, 1.82) is 0 Å². The van der Waals surface area contributed by atoms with Crippen molar-refractivity contribution in [2.24, 2.45) is 0 Å². The van der Waals surface area contributed by atoms with Crippen LogP contribution in [0.1, 0.15) is 0 Å². The number of aromatic amines is 1. The van der Waals surface area contributed by atoms with Crippen LogP contribution in [0.4, 0.5) is 13.6 Å². The molecule has 0 amide bonds. The Morgan fingerprint density at radius 3 is 2.60 bits per heavy atom. The van der Waals surface area contributed by atoms with Gasteiger partial charge >= 0.3 is 6.16 Å². The van der Waals surface area contributed by atoms with Gasteiger partial charge in [0, 0.05) is 17.5 Å². The van der Waals surface area contributed by atoms with Gasteiger partial charge in [-0.2, -0.15) is 0 Å². The average Bonchev–Trinajstić information content (AvgIpc) is 2.46. The van der Waals surface area contributed by atoms with Crippen LogP contribution in [0.25, 0.3) is 10.9 Å². The van der Waals surface area contributed by atoms with Crippen LogP contribution < -0.4 is 4.74 Å². The molecule has 0 radical (unpaired) electrons. The third-order valence-corrected chi connectivity index (χ3v) is 1.83. The van der Waals surface area contributed by atoms with Crippen LogP contribution in [-0.4, -0.2) is 16.2 Å². The van der Waals surface area contributed by atoms with E-state index in [2.05, 4.69) is 9.72 Å². The molecule has 4 nitrogen and oxygen atoms in total. The van der Waals surface area contributed by atoms with Crippen LogP contribution in [0, 0.1) is 11.6 Å². The van der Waals surface area contributed by atoms with Crippen molar-refractivity contribution < 1.29 is 23.4 Å². The Labute approximate surface area is 82.1 Å². The van der Waals surface area contributed by atoms with Gasteiger partial charge in [0.25, 0.3) is 0 Å². The first kappa shape index (κ1) is 9.45. The lowest BCUT2D eigenvalue weighted by Crippen LogP contribution is -2.02. The van der Waals surface area contributed by atoms with Gasteiger partial charge in [0.05, 0.1) is 5.52 Å². The van der Waals surface area contributed by atoms with Crippen molar-refractivity contribution >= 4 is 17.1 Å². The standard InChI is InChI=1S/C9H5F2NO3/c10-5-1-4-2-8(15-9(13)14)12-7(4)3-6(5)11/h1-3,12H,(H,13,14). The van der Waals surface area contributed by atoms with Gasteiger partial charge in [-0.05, 0) is 6.07 Å². The van der Waals surface area contributed by atoms with E-state index in [0.717, 1.165) is 12.1 Å². The molecule has 0 unspecified atom stereocenters. The van der Waals surface area contributed by atoms with E-state index in [0.29, 0.717) is 5.39 Å². The summed E-state index contributed by atoms with van der Waals surface area (Å²) in [6, 6.07) is 3.15. The smallest absolute Gasteiger partial charge is 0.449 e. The first-order valence-electron chi connectivity index (χ1n) is 3.95. The maximum Gasteiger partial charge on any atom is 0.512 e. The number of hydrogen-bond donors (Lipinski definition) is 2. The second-order valence-corrected chi connectivity index (χ2v) is 2.86. The molecule has 0 atom stereocenters. The van der Waals surface area contributed by atoms with Crippen LogP contribution >= 0.6 is 0 Å². The molecule has 0 aliphatic heterocycles. The maximum atomic E-state index is 12.8. The fourth-order valence-electron chi connectivity index (χ4n) is 1.25. The van der Waals surface area contributed by atoms with Gasteiger partial charge in [-0.25, -0.2) is 13.6 Å². The number of ether oxygens (including phenoxy) is 1. The van der Waals surface area contributed by atoms with E-state index in [9.17, 15) is 13.6 Å². The summed E-state index contributed by atoms with van der Waals surface area (Å²) in [5.41, 5.74) is 0.269. The van der Waals surface area contributed by atoms with E-state index in [4.69, 9.17) is 5.11 Å². The third kappa shape index (κ3) is 1.74. The third-order valence-electron chi connectivity index (χ3n) is 1.83. The number of nitrogens with one attached hydrogen (secondary N) is 1. The number of hydrogen-bond acceptors (Lipinski definition) is 2. The Morgan fingerprint density at radius 1 is 1.27 bits per heavy atom. The first-order chi connectivity index (χ1) is 7.06. The van der Waals surface area contributed by atoms with Crippen molar-refractivity contribution in [2.45, 2.75) is 0 Å². The molecule has 78 valence electrons. The molecule has 0 aliphatic carbocycles. The van der Waals surface area contributed by atoms with E-state index in [1.54, 1.807) is 0 Å². The van der Waals surface area contributed by atoms with Crippen molar-refractivity contribution in [3.8, 4) is 5.88 Å². The number of fused-ring (bicyclic) bond motifs is 1. The molecular formula is C9H5F2NO3. The summed E-state index contributed by atoms with van der Waals surface area (Å²) in [4.78, 5) is 12.7. The highest BCUT2D eigenvalue weighted by Gasteiger charge is 2.09. The molecule has 0 saturated heterocycles. The van der Waals surface area contributed by atoms with Crippen molar-refractivity contribution in [3.63, 3.8) is 0 Å². The van der Waals surface area contributed by atoms with E-state index >= 15 is 0 Å². The molecule has 2 rings (SSSR count). The minimum atomic E-state index is -1.50. The summed E-state index contributed by atoms with van der Waals surface area (Å²) in [6.45, 7) is 0. The van der Waals surface area contributed by atoms with E-state index in [-0.39, 0.29) is 11.4 Å². The molecule has 1 heterocycles. The second kappa shape index (κ2) is 3.23. The Morgan fingerprint density at radius 2 is 1.93 bits per heavy atom. The Bertz CT molecular complexity index is 496. The summed E-state index contributed by atoms with van der Waals surface area (Å²) < 4.78 is 29.8. The minimum Gasteiger partial charge on any atom is -0.449 e. The molecule has 15 heavy (non-hydrogen) atoms. The molecular weight excluding hydrogens is 208 g/mol. The number of carbonyl (C=O) groups is 1. The molecule has 2 N–H and O–H groups in total. The Balaban J connectivity index is 2.51. The summed E-state index contributed by atoms with van der Waals surface area (Å²) in [5, 5.41) is 8.65. The van der Waals surface area contributed by atoms with Gasteiger partial charge in [0.2, 0.25) is 5.88 Å². The zero-order valence-electron chi connectivity index (χ0n) is 7.25. The average molecular weight is 213 g/mol. The summed E-state index contributed by atoms with van der Waals surface area (Å²) in [6.07, 6.45) is -1.50. The Kier molecular flexibility index (Phi) is 2.03. The number of carboxylic acid groups (broad SMARTS) is 1. The molecule has 1 aromatic heterocycles. The molecule has 1 aromatic carbocycles. The molecule has 2 aromatic rings. The fourth-order valence-corrected chi connectivity index (χ4v) is 1.25. The van der Waals surface area contributed by atoms with Crippen LogP contribution in [-0.2, 0) is 0 Å². The fraction of sp³-hybridized carbons (Fsp3) is 0. The van der Waals surface area contributed by atoms with E-state index in [1.807, 2.05) is 0 Å². The normalized spacial score (nSPS) is 10.5. The lowest BCUT2D eigenvalue weighted by molar-refractivity contribution is 0.143. The van der Waals surface area contributed by atoms with Crippen LogP contribution in [0.3, 0.4) is 0 Å². The van der Waals surface area contributed by atoms with Crippen molar-refractivity contribution in [2.75, 3.05) is 0 Å². The van der Waals surface area contributed by atoms with Gasteiger partial charge in [0.1, 0.15) is 0 Å². The van der Waals surface area contributed by atoms with E-state index in [1.165, 1.54) is 6.07 Å². The SMILES string of the molecule is O=C(O)Oc1cc2cc(F)c(F)cc2[nH]1. The van der Waals surface area contributed by atoms with Gasteiger partial charge < -0.3 is 14.8 Å². The zero-order chi connectivity index (χ0) is 11.0. The van der Waals surface area contributed by atoms with Gasteiger partial charge in [-0.3, -0.25) is 0 Å². The largest absolute Gasteiger partial charge is 0.512 e. The lowest BCUT2D eigenvalue weighted by atomic mass is 10.2. The van der Waals surface area contributed by atoms with E-state index < -0.39 is 17.8 Å². The number of halogens is 2. The number of rotatable bonds is 1. The van der Waals surface area contributed by atoms with Crippen LogP contribution in [0.5, 0.6) is 5.88 Å².